The van der Waals surface area contributed by atoms with Crippen LogP contribution in [-0.4, -0.2) is 151 Å². The molecule has 0 aromatic rings. The third-order valence-corrected chi connectivity index (χ3v) is 15.1. The van der Waals surface area contributed by atoms with Crippen LogP contribution in [0.25, 0.3) is 0 Å². The van der Waals surface area contributed by atoms with Crippen LogP contribution in [0.1, 0.15) is 86.0 Å². The average Bonchev–Trinajstić information content (AvgIpc) is 3.50. The van der Waals surface area contributed by atoms with E-state index >= 15 is 0 Å². The first-order chi connectivity index (χ1) is 25.4. The van der Waals surface area contributed by atoms with Gasteiger partial charge in [0.1, 0.15) is 48.8 Å². The van der Waals surface area contributed by atoms with E-state index in [-0.39, 0.29) is 23.4 Å². The molecule has 4 aliphatic carbocycles. The van der Waals surface area contributed by atoms with E-state index in [9.17, 15) is 51.1 Å². The van der Waals surface area contributed by atoms with Gasteiger partial charge in [-0.25, -0.2) is 0 Å². The Balaban J connectivity index is 1.03. The molecule has 0 radical (unpaired) electrons. The lowest BCUT2D eigenvalue weighted by Gasteiger charge is -2.59. The quantitative estimate of drug-likeness (QED) is 0.127. The minimum Gasteiger partial charge on any atom is -0.394 e. The van der Waals surface area contributed by atoms with Crippen molar-refractivity contribution in [3.05, 3.63) is 22.8 Å². The average molecular weight is 771 g/mol. The maximum atomic E-state index is 11.6. The fraction of sp³-hybridized carbons (Fsp3) is 0.900. The van der Waals surface area contributed by atoms with Crippen molar-refractivity contribution in [2.75, 3.05) is 19.8 Å². The standard InChI is InChI=1S/C40H66O14/c1-18(19(2)16-51-37-36(50)34(48)32(46)29(54-37)17-52-38-35(49)33(47)31(45)28(15-41)53-38)12-27(43)20(3)24-8-9-25-23-7-6-21-13-22(42)14-30(44)40(21,5)26(23)10-11-39(24,25)4/h6,20,22-38,41-50H,7-17H2,1-5H3/b19-18+/t20-,22+,23-,24+,25-,26-,27+,28+,29+,30-,31+,32+,33-,34-,35+,36+,37+,38+,39+,40-/m0/s1. The second kappa shape index (κ2) is 16.6. The van der Waals surface area contributed by atoms with Gasteiger partial charge in [0, 0.05) is 11.8 Å². The predicted molar refractivity (Wildman–Crippen MR) is 193 cm³/mol. The largest absolute Gasteiger partial charge is 0.394 e. The van der Waals surface area contributed by atoms with Crippen molar-refractivity contribution in [1.82, 2.24) is 0 Å². The Morgan fingerprint density at radius 1 is 0.815 bits per heavy atom. The van der Waals surface area contributed by atoms with Crippen LogP contribution in [0.5, 0.6) is 0 Å². The van der Waals surface area contributed by atoms with Crippen LogP contribution in [0.2, 0.25) is 0 Å². The Kier molecular flexibility index (Phi) is 13.1. The Bertz CT molecular complexity index is 1360. The summed E-state index contributed by atoms with van der Waals surface area (Å²) in [7, 11) is 0. The molecule has 6 aliphatic rings. The molecule has 0 bridgehead atoms. The van der Waals surface area contributed by atoms with Crippen LogP contribution >= 0.6 is 0 Å². The van der Waals surface area contributed by atoms with Crippen LogP contribution in [0.4, 0.5) is 0 Å². The second-order valence-electron chi connectivity index (χ2n) is 18.0. The summed E-state index contributed by atoms with van der Waals surface area (Å²) in [6.07, 6.45) is -7.47. The van der Waals surface area contributed by atoms with Crippen molar-refractivity contribution >= 4 is 0 Å². The molecule has 54 heavy (non-hydrogen) atoms. The molecule has 3 saturated carbocycles. The van der Waals surface area contributed by atoms with Crippen molar-refractivity contribution in [2.45, 2.75) is 166 Å². The number of rotatable bonds is 11. The SMILES string of the molecule is C/C(CO[C@@H]1O[C@H](CO[C@@H]2O[C@H](CO)[C@@H](O)[C@H](O)[C@H]2O)[C@@H](O)[C@H](O)[C@H]1O)=C(/C)C[C@@H](O)[C@@H](C)[C@H]1CC[C@H]2[C@@H]3CC=C4C[C@@H](O)C[C@H](O)[C@]4(C)[C@H]3CC[C@]12C. The molecule has 2 heterocycles. The van der Waals surface area contributed by atoms with Crippen molar-refractivity contribution in [1.29, 1.82) is 0 Å². The zero-order valence-electron chi connectivity index (χ0n) is 32.4. The lowest BCUT2D eigenvalue weighted by Crippen LogP contribution is -2.61. The summed E-state index contributed by atoms with van der Waals surface area (Å²) in [6, 6.07) is 0. The van der Waals surface area contributed by atoms with Gasteiger partial charge in [-0.15, -0.1) is 0 Å². The summed E-state index contributed by atoms with van der Waals surface area (Å²) in [4.78, 5) is 0. The van der Waals surface area contributed by atoms with E-state index in [0.29, 0.717) is 42.9 Å². The second-order valence-corrected chi connectivity index (χ2v) is 18.0. The first-order valence-corrected chi connectivity index (χ1v) is 20.1. The van der Waals surface area contributed by atoms with Gasteiger partial charge in [-0.05, 0) is 99.4 Å². The first-order valence-electron chi connectivity index (χ1n) is 20.1. The smallest absolute Gasteiger partial charge is 0.187 e. The molecule has 0 spiro atoms. The summed E-state index contributed by atoms with van der Waals surface area (Å²) in [5.41, 5.74) is 2.78. The summed E-state index contributed by atoms with van der Waals surface area (Å²) in [5, 5.41) is 105. The first kappa shape index (κ1) is 42.5. The number of aliphatic hydroxyl groups excluding tert-OH is 10. The molecular formula is C40H66O14. The van der Waals surface area contributed by atoms with E-state index in [2.05, 4.69) is 26.8 Å². The third-order valence-electron chi connectivity index (χ3n) is 15.1. The molecule has 14 nitrogen and oxygen atoms in total. The minimum absolute atomic E-state index is 0.0151. The van der Waals surface area contributed by atoms with E-state index in [0.717, 1.165) is 43.3 Å². The predicted octanol–water partition coefficient (Wildman–Crippen LogP) is 0.261. The Morgan fingerprint density at radius 3 is 2.11 bits per heavy atom. The molecular weight excluding hydrogens is 704 g/mol. The number of fused-ring (bicyclic) bond motifs is 5. The Morgan fingerprint density at radius 2 is 1.44 bits per heavy atom. The number of hydrogen-bond acceptors (Lipinski definition) is 14. The lowest BCUT2D eigenvalue weighted by atomic mass is 9.46. The van der Waals surface area contributed by atoms with Crippen LogP contribution in [0.3, 0.4) is 0 Å². The maximum Gasteiger partial charge on any atom is 0.187 e. The van der Waals surface area contributed by atoms with Gasteiger partial charge in [0.2, 0.25) is 0 Å². The van der Waals surface area contributed by atoms with Crippen molar-refractivity contribution in [2.24, 2.45) is 40.4 Å². The number of ether oxygens (including phenoxy) is 4. The number of allylic oxidation sites excluding steroid dienone is 1. The molecule has 0 aromatic heterocycles. The highest BCUT2D eigenvalue weighted by molar-refractivity contribution is 5.27. The van der Waals surface area contributed by atoms with E-state index < -0.39 is 92.9 Å². The molecule has 20 atom stereocenters. The van der Waals surface area contributed by atoms with Gasteiger partial charge in [0.05, 0.1) is 38.1 Å². The normalized spacial score (nSPS) is 49.6. The summed E-state index contributed by atoms with van der Waals surface area (Å²) in [6.45, 7) is 9.53. The van der Waals surface area contributed by atoms with E-state index in [1.807, 2.05) is 13.8 Å². The van der Waals surface area contributed by atoms with E-state index in [4.69, 9.17) is 18.9 Å². The van der Waals surface area contributed by atoms with Gasteiger partial charge < -0.3 is 70.0 Å². The summed E-state index contributed by atoms with van der Waals surface area (Å²) >= 11 is 0. The van der Waals surface area contributed by atoms with Gasteiger partial charge in [-0.2, -0.15) is 0 Å². The molecule has 14 heteroatoms. The minimum atomic E-state index is -1.66. The highest BCUT2D eigenvalue weighted by atomic mass is 16.7. The Hall–Kier alpha value is -1.08. The van der Waals surface area contributed by atoms with E-state index in [1.165, 1.54) is 5.57 Å². The summed E-state index contributed by atoms with van der Waals surface area (Å²) < 4.78 is 22.5. The third kappa shape index (κ3) is 7.63. The summed E-state index contributed by atoms with van der Waals surface area (Å²) in [5.74, 6) is 1.78. The molecule has 2 aliphatic heterocycles. The molecule has 0 aromatic carbocycles. The van der Waals surface area contributed by atoms with Crippen LogP contribution in [0, 0.1) is 40.4 Å². The molecule has 5 fully saturated rings. The van der Waals surface area contributed by atoms with Gasteiger partial charge in [0.15, 0.2) is 12.6 Å². The van der Waals surface area contributed by atoms with Gasteiger partial charge >= 0.3 is 0 Å². The highest BCUT2D eigenvalue weighted by Gasteiger charge is 2.61. The Labute approximate surface area is 318 Å². The number of hydrogen-bond donors (Lipinski definition) is 10. The molecule has 0 unspecified atom stereocenters. The van der Waals surface area contributed by atoms with E-state index in [1.54, 1.807) is 0 Å². The van der Waals surface area contributed by atoms with Crippen molar-refractivity contribution in [3.63, 3.8) is 0 Å². The molecule has 10 N–H and O–H groups in total. The van der Waals surface area contributed by atoms with Crippen molar-refractivity contribution < 1.29 is 70.0 Å². The van der Waals surface area contributed by atoms with Gasteiger partial charge in [-0.3, -0.25) is 0 Å². The van der Waals surface area contributed by atoms with Crippen LogP contribution in [0.15, 0.2) is 22.8 Å². The highest BCUT2D eigenvalue weighted by Crippen LogP contribution is 2.67. The monoisotopic (exact) mass is 770 g/mol. The van der Waals surface area contributed by atoms with Gasteiger partial charge in [0.25, 0.3) is 0 Å². The fourth-order valence-corrected chi connectivity index (χ4v) is 11.5. The maximum absolute atomic E-state index is 11.6. The topological polar surface area (TPSA) is 239 Å². The van der Waals surface area contributed by atoms with Crippen molar-refractivity contribution in [3.8, 4) is 0 Å². The molecule has 310 valence electrons. The fourth-order valence-electron chi connectivity index (χ4n) is 11.5. The molecule has 2 saturated heterocycles. The van der Waals surface area contributed by atoms with Gasteiger partial charge in [-0.1, -0.05) is 38.0 Å². The van der Waals surface area contributed by atoms with Crippen LogP contribution < -0.4 is 0 Å². The number of aliphatic hydroxyl groups is 10. The van der Waals surface area contributed by atoms with Crippen LogP contribution in [-0.2, 0) is 18.9 Å². The molecule has 6 rings (SSSR count). The lowest BCUT2D eigenvalue weighted by molar-refractivity contribution is -0.330. The molecule has 0 amide bonds. The zero-order chi connectivity index (χ0) is 39.4. The zero-order valence-corrected chi connectivity index (χ0v) is 32.4.